The highest BCUT2D eigenvalue weighted by Gasteiger charge is 2.15. The van der Waals surface area contributed by atoms with E-state index in [0.29, 0.717) is 27.4 Å². The van der Waals surface area contributed by atoms with Crippen LogP contribution < -0.4 is 5.32 Å². The lowest BCUT2D eigenvalue weighted by Crippen LogP contribution is -2.31. The molecule has 0 aliphatic heterocycles. The summed E-state index contributed by atoms with van der Waals surface area (Å²) in [7, 11) is 1.94. The largest absolute Gasteiger partial charge is 0.348 e. The van der Waals surface area contributed by atoms with E-state index in [-0.39, 0.29) is 0 Å². The van der Waals surface area contributed by atoms with Gasteiger partial charge in [0.05, 0.1) is 16.4 Å². The number of aromatic nitrogens is 2. The molecule has 2 aromatic rings. The summed E-state index contributed by atoms with van der Waals surface area (Å²) in [6, 6.07) is 5.25. The molecule has 0 amide bonds. The summed E-state index contributed by atoms with van der Waals surface area (Å²) in [6.45, 7) is 7.72. The third kappa shape index (κ3) is 4.16. The number of hydrogen-bond donors (Lipinski definition) is 1. The highest BCUT2D eigenvalue weighted by molar-refractivity contribution is 7.80. The molecule has 1 heterocycles. The average Bonchev–Trinajstić information content (AvgIpc) is 2.78. The SMILES string of the molecule is CCn1nc(C)c(CN(C)C(=S)Nc2cc(Cl)ccc2Cl)c1C. The van der Waals surface area contributed by atoms with Crippen LogP contribution >= 0.6 is 35.4 Å². The Morgan fingerprint density at radius 1 is 1.35 bits per heavy atom. The monoisotopic (exact) mass is 370 g/mol. The van der Waals surface area contributed by atoms with Gasteiger partial charge in [0.1, 0.15) is 0 Å². The Kier molecular flexibility index (Phi) is 5.89. The lowest BCUT2D eigenvalue weighted by molar-refractivity contribution is 0.504. The topological polar surface area (TPSA) is 33.1 Å². The van der Waals surface area contributed by atoms with Crippen molar-refractivity contribution in [3.8, 4) is 0 Å². The second kappa shape index (κ2) is 7.51. The quantitative estimate of drug-likeness (QED) is 0.793. The highest BCUT2D eigenvalue weighted by Crippen LogP contribution is 2.26. The lowest BCUT2D eigenvalue weighted by Gasteiger charge is -2.22. The third-order valence-electron chi connectivity index (χ3n) is 3.74. The predicted molar refractivity (Wildman–Crippen MR) is 102 cm³/mol. The number of thiocarbonyl (C=S) groups is 1. The van der Waals surface area contributed by atoms with Crippen LogP contribution in [0.3, 0.4) is 0 Å². The van der Waals surface area contributed by atoms with Crippen molar-refractivity contribution in [2.75, 3.05) is 12.4 Å². The molecular weight excluding hydrogens is 351 g/mol. The van der Waals surface area contributed by atoms with Crippen molar-refractivity contribution in [2.45, 2.75) is 33.9 Å². The molecule has 4 nitrogen and oxygen atoms in total. The molecule has 1 aromatic carbocycles. The number of anilines is 1. The smallest absolute Gasteiger partial charge is 0.173 e. The molecule has 7 heteroatoms. The average molecular weight is 371 g/mol. The van der Waals surface area contributed by atoms with Crippen LogP contribution in [-0.2, 0) is 13.1 Å². The lowest BCUT2D eigenvalue weighted by atomic mass is 10.2. The number of aryl methyl sites for hydroxylation is 2. The number of benzene rings is 1. The van der Waals surface area contributed by atoms with Crippen LogP contribution in [0.25, 0.3) is 0 Å². The first-order valence-electron chi connectivity index (χ1n) is 7.33. The number of nitrogens with one attached hydrogen (secondary N) is 1. The molecule has 1 aromatic heterocycles. The minimum absolute atomic E-state index is 0.580. The zero-order chi connectivity index (χ0) is 17.1. The molecular formula is C16H20Cl2N4S. The first-order valence-corrected chi connectivity index (χ1v) is 8.50. The van der Waals surface area contributed by atoms with E-state index in [9.17, 15) is 0 Å². The summed E-state index contributed by atoms with van der Waals surface area (Å²) in [5, 5.41) is 9.45. The minimum atomic E-state index is 0.580. The number of rotatable bonds is 4. The molecule has 0 atom stereocenters. The number of nitrogens with zero attached hydrogens (tertiary/aromatic N) is 3. The van der Waals surface area contributed by atoms with Gasteiger partial charge >= 0.3 is 0 Å². The van der Waals surface area contributed by atoms with Gasteiger partial charge in [-0.15, -0.1) is 0 Å². The second-order valence-electron chi connectivity index (χ2n) is 5.38. The van der Waals surface area contributed by atoms with Gasteiger partial charge in [-0.3, -0.25) is 4.68 Å². The van der Waals surface area contributed by atoms with Gasteiger partial charge in [0.15, 0.2) is 5.11 Å². The van der Waals surface area contributed by atoms with Crippen molar-refractivity contribution in [2.24, 2.45) is 0 Å². The van der Waals surface area contributed by atoms with E-state index in [0.717, 1.165) is 12.2 Å². The Hall–Kier alpha value is -1.30. The molecule has 23 heavy (non-hydrogen) atoms. The summed E-state index contributed by atoms with van der Waals surface area (Å²) in [6.07, 6.45) is 0. The first kappa shape index (κ1) is 18.0. The zero-order valence-electron chi connectivity index (χ0n) is 13.7. The van der Waals surface area contributed by atoms with E-state index in [4.69, 9.17) is 35.4 Å². The van der Waals surface area contributed by atoms with Gasteiger partial charge in [0.2, 0.25) is 0 Å². The molecule has 0 unspecified atom stereocenters. The molecule has 0 radical (unpaired) electrons. The number of hydrogen-bond acceptors (Lipinski definition) is 2. The van der Waals surface area contributed by atoms with Gasteiger partial charge in [0.25, 0.3) is 0 Å². The summed E-state index contributed by atoms with van der Waals surface area (Å²) in [4.78, 5) is 1.96. The van der Waals surface area contributed by atoms with Crippen LogP contribution in [0.4, 0.5) is 5.69 Å². The van der Waals surface area contributed by atoms with Crippen molar-refractivity contribution in [3.05, 3.63) is 45.2 Å². The summed E-state index contributed by atoms with van der Waals surface area (Å²) in [5.41, 5.74) is 4.09. The summed E-state index contributed by atoms with van der Waals surface area (Å²) in [5.74, 6) is 0. The van der Waals surface area contributed by atoms with Crippen LogP contribution in [0, 0.1) is 13.8 Å². The summed E-state index contributed by atoms with van der Waals surface area (Å²) < 4.78 is 2.00. The van der Waals surface area contributed by atoms with Gasteiger partial charge in [-0.2, -0.15) is 5.10 Å². The molecule has 0 aliphatic carbocycles. The van der Waals surface area contributed by atoms with Crippen molar-refractivity contribution >= 4 is 46.2 Å². The van der Waals surface area contributed by atoms with Gasteiger partial charge in [-0.1, -0.05) is 23.2 Å². The van der Waals surface area contributed by atoms with Crippen LogP contribution in [-0.4, -0.2) is 26.8 Å². The van der Waals surface area contributed by atoms with E-state index in [1.54, 1.807) is 18.2 Å². The number of halogens is 2. The second-order valence-corrected chi connectivity index (χ2v) is 6.61. The van der Waals surface area contributed by atoms with Gasteiger partial charge in [-0.25, -0.2) is 0 Å². The molecule has 124 valence electrons. The van der Waals surface area contributed by atoms with E-state index in [1.807, 2.05) is 23.6 Å². The first-order chi connectivity index (χ1) is 10.8. The Morgan fingerprint density at radius 3 is 2.65 bits per heavy atom. The molecule has 0 aliphatic rings. The molecule has 2 rings (SSSR count). The fraction of sp³-hybridized carbons (Fsp3) is 0.375. The van der Waals surface area contributed by atoms with Crippen LogP contribution in [0.2, 0.25) is 10.0 Å². The molecule has 0 fully saturated rings. The van der Waals surface area contributed by atoms with Crippen molar-refractivity contribution in [1.29, 1.82) is 0 Å². The van der Waals surface area contributed by atoms with Gasteiger partial charge in [0, 0.05) is 36.4 Å². The van der Waals surface area contributed by atoms with Crippen molar-refractivity contribution in [3.63, 3.8) is 0 Å². The van der Waals surface area contributed by atoms with E-state index in [2.05, 4.69) is 24.3 Å². The van der Waals surface area contributed by atoms with Gasteiger partial charge in [-0.05, 0) is 51.2 Å². The maximum absolute atomic E-state index is 6.17. The molecule has 0 saturated heterocycles. The van der Waals surface area contributed by atoms with Gasteiger partial charge < -0.3 is 10.2 Å². The molecule has 0 saturated carbocycles. The fourth-order valence-corrected chi connectivity index (χ4v) is 2.90. The molecule has 0 spiro atoms. The van der Waals surface area contributed by atoms with E-state index < -0.39 is 0 Å². The van der Waals surface area contributed by atoms with Crippen LogP contribution in [0.5, 0.6) is 0 Å². The fourth-order valence-electron chi connectivity index (χ4n) is 2.38. The minimum Gasteiger partial charge on any atom is -0.348 e. The van der Waals surface area contributed by atoms with E-state index in [1.165, 1.54) is 11.3 Å². The zero-order valence-corrected chi connectivity index (χ0v) is 16.0. The third-order valence-corrected chi connectivity index (χ3v) is 4.72. The molecule has 1 N–H and O–H groups in total. The maximum Gasteiger partial charge on any atom is 0.173 e. The predicted octanol–water partition coefficient (Wildman–Crippen LogP) is 4.66. The Balaban J connectivity index is 2.11. The Labute approximate surface area is 152 Å². The van der Waals surface area contributed by atoms with E-state index >= 15 is 0 Å². The Morgan fingerprint density at radius 2 is 2.04 bits per heavy atom. The highest BCUT2D eigenvalue weighted by atomic mass is 35.5. The van der Waals surface area contributed by atoms with Crippen LogP contribution in [0.15, 0.2) is 18.2 Å². The van der Waals surface area contributed by atoms with Crippen molar-refractivity contribution in [1.82, 2.24) is 14.7 Å². The summed E-state index contributed by atoms with van der Waals surface area (Å²) >= 11 is 17.6. The Bertz CT molecular complexity index is 727. The van der Waals surface area contributed by atoms with Crippen LogP contribution in [0.1, 0.15) is 23.9 Å². The normalized spacial score (nSPS) is 10.7. The van der Waals surface area contributed by atoms with Crippen molar-refractivity contribution < 1.29 is 0 Å². The maximum atomic E-state index is 6.17. The standard InChI is InChI=1S/C16H20Cl2N4S/c1-5-22-11(3)13(10(2)20-22)9-21(4)16(23)19-15-8-12(17)6-7-14(15)18/h6-8H,5,9H2,1-4H3,(H,19,23). The molecule has 0 bridgehead atoms.